The first-order chi connectivity index (χ1) is 17.1. The summed E-state index contributed by atoms with van der Waals surface area (Å²) in [6.45, 7) is 3.76. The highest BCUT2D eigenvalue weighted by Crippen LogP contribution is 2.40. The first-order valence-electron chi connectivity index (χ1n) is 12.1. The summed E-state index contributed by atoms with van der Waals surface area (Å²) in [5.74, 6) is 2.21. The van der Waals surface area contributed by atoms with Crippen molar-refractivity contribution in [1.29, 1.82) is 0 Å². The van der Waals surface area contributed by atoms with E-state index in [1.807, 2.05) is 42.5 Å². The van der Waals surface area contributed by atoms with E-state index in [2.05, 4.69) is 41.4 Å². The van der Waals surface area contributed by atoms with Crippen LogP contribution < -0.4 is 19.5 Å². The molecule has 1 heterocycles. The molecule has 1 aliphatic rings. The van der Waals surface area contributed by atoms with Crippen LogP contribution in [-0.2, 0) is 13.0 Å². The van der Waals surface area contributed by atoms with Gasteiger partial charge in [-0.3, -0.25) is 9.69 Å². The van der Waals surface area contributed by atoms with Crippen LogP contribution >= 0.6 is 0 Å². The molecular formula is C29H34N2O4. The zero-order chi connectivity index (χ0) is 24.8. The quantitative estimate of drug-likeness (QED) is 0.472. The fraction of sp³-hybridized carbons (Fsp3) is 0.345. The maximum absolute atomic E-state index is 13.1. The zero-order valence-corrected chi connectivity index (χ0v) is 20.9. The van der Waals surface area contributed by atoms with E-state index in [1.165, 1.54) is 16.7 Å². The topological polar surface area (TPSA) is 60.0 Å². The summed E-state index contributed by atoms with van der Waals surface area (Å²) in [5, 5.41) is 3.32. The highest BCUT2D eigenvalue weighted by atomic mass is 16.5. The number of nitrogens with one attached hydrogen (secondary N) is 1. The third kappa shape index (κ3) is 5.43. The molecule has 35 heavy (non-hydrogen) atoms. The first-order valence-corrected chi connectivity index (χ1v) is 12.1. The first kappa shape index (κ1) is 24.6. The van der Waals surface area contributed by atoms with E-state index in [1.54, 1.807) is 21.3 Å². The molecule has 3 aromatic rings. The van der Waals surface area contributed by atoms with Gasteiger partial charge in [0, 0.05) is 24.7 Å². The minimum Gasteiger partial charge on any atom is -0.497 e. The molecule has 0 radical (unpaired) electrons. The van der Waals surface area contributed by atoms with Crippen molar-refractivity contribution in [3.8, 4) is 17.2 Å². The van der Waals surface area contributed by atoms with Crippen molar-refractivity contribution in [2.24, 2.45) is 0 Å². The van der Waals surface area contributed by atoms with Crippen molar-refractivity contribution in [2.75, 3.05) is 27.9 Å². The Balaban J connectivity index is 1.70. The Morgan fingerprint density at radius 1 is 0.971 bits per heavy atom. The minimum absolute atomic E-state index is 0.0154. The Morgan fingerprint density at radius 3 is 2.29 bits per heavy atom. The van der Waals surface area contributed by atoms with E-state index in [0.717, 1.165) is 37.4 Å². The number of carbonyl (C=O) groups is 1. The van der Waals surface area contributed by atoms with Crippen molar-refractivity contribution in [1.82, 2.24) is 10.2 Å². The van der Waals surface area contributed by atoms with E-state index in [4.69, 9.17) is 14.2 Å². The van der Waals surface area contributed by atoms with Gasteiger partial charge in [-0.15, -0.1) is 0 Å². The number of benzene rings is 3. The van der Waals surface area contributed by atoms with Crippen LogP contribution in [0.5, 0.6) is 17.2 Å². The zero-order valence-electron chi connectivity index (χ0n) is 20.9. The molecule has 6 heteroatoms. The second-order valence-electron chi connectivity index (χ2n) is 8.77. The Bertz CT molecular complexity index is 1130. The van der Waals surface area contributed by atoms with Gasteiger partial charge in [0.25, 0.3) is 5.91 Å². The van der Waals surface area contributed by atoms with Gasteiger partial charge in [-0.05, 0) is 65.9 Å². The fourth-order valence-electron chi connectivity index (χ4n) is 4.89. The number of nitrogens with zero attached hydrogens (tertiary/aromatic N) is 1. The lowest BCUT2D eigenvalue weighted by molar-refractivity contribution is 0.0859. The van der Waals surface area contributed by atoms with Crippen molar-refractivity contribution in [3.05, 3.63) is 89.0 Å². The van der Waals surface area contributed by atoms with Crippen LogP contribution in [0.2, 0.25) is 0 Å². The summed E-state index contributed by atoms with van der Waals surface area (Å²) in [6, 6.07) is 21.6. The summed E-state index contributed by atoms with van der Waals surface area (Å²) in [5.41, 5.74) is 4.26. The number of fused-ring (bicyclic) bond motifs is 1. The van der Waals surface area contributed by atoms with Gasteiger partial charge < -0.3 is 19.5 Å². The number of carbonyl (C=O) groups excluding carboxylic acids is 1. The number of methoxy groups -OCH3 is 3. The van der Waals surface area contributed by atoms with Gasteiger partial charge in [0.05, 0.1) is 27.4 Å². The van der Waals surface area contributed by atoms with Crippen LogP contribution in [0, 0.1) is 0 Å². The SMILES string of the molecule is CC[C@@H](NC(=O)c1ccccc1)[C@@H]1c2cc(OC)c(OC)cc2CCN1Cc1ccc(OC)cc1. The molecule has 4 rings (SSSR count). The van der Waals surface area contributed by atoms with Crippen molar-refractivity contribution in [3.63, 3.8) is 0 Å². The highest BCUT2D eigenvalue weighted by molar-refractivity contribution is 5.94. The van der Waals surface area contributed by atoms with Crippen LogP contribution in [0.1, 0.15) is 46.4 Å². The molecule has 0 unspecified atom stereocenters. The van der Waals surface area contributed by atoms with E-state index in [9.17, 15) is 4.79 Å². The Labute approximate surface area is 207 Å². The van der Waals surface area contributed by atoms with Crippen LogP contribution in [0.4, 0.5) is 0 Å². The minimum atomic E-state index is -0.0851. The number of amides is 1. The van der Waals surface area contributed by atoms with E-state index in [-0.39, 0.29) is 18.0 Å². The predicted molar refractivity (Wildman–Crippen MR) is 137 cm³/mol. The summed E-state index contributed by atoms with van der Waals surface area (Å²) in [7, 11) is 5.00. The summed E-state index contributed by atoms with van der Waals surface area (Å²) >= 11 is 0. The van der Waals surface area contributed by atoms with Gasteiger partial charge in [0.1, 0.15) is 5.75 Å². The fourth-order valence-corrected chi connectivity index (χ4v) is 4.89. The van der Waals surface area contributed by atoms with E-state index >= 15 is 0 Å². The predicted octanol–water partition coefficient (Wildman–Crippen LogP) is 5.02. The smallest absolute Gasteiger partial charge is 0.251 e. The van der Waals surface area contributed by atoms with Crippen molar-refractivity contribution < 1.29 is 19.0 Å². The van der Waals surface area contributed by atoms with E-state index in [0.29, 0.717) is 11.3 Å². The monoisotopic (exact) mass is 474 g/mol. The molecule has 0 aliphatic carbocycles. The molecule has 0 saturated carbocycles. The van der Waals surface area contributed by atoms with Gasteiger partial charge >= 0.3 is 0 Å². The molecule has 1 N–H and O–H groups in total. The van der Waals surface area contributed by atoms with Gasteiger partial charge in [0.2, 0.25) is 0 Å². The Kier molecular flexibility index (Phi) is 7.93. The molecule has 2 atom stereocenters. The lowest BCUT2D eigenvalue weighted by atomic mass is 9.86. The summed E-state index contributed by atoms with van der Waals surface area (Å²) in [6.07, 6.45) is 1.68. The molecular weight excluding hydrogens is 440 g/mol. The molecule has 184 valence electrons. The van der Waals surface area contributed by atoms with Crippen LogP contribution in [0.3, 0.4) is 0 Å². The maximum atomic E-state index is 13.1. The molecule has 0 saturated heterocycles. The van der Waals surface area contributed by atoms with Crippen LogP contribution in [-0.4, -0.2) is 44.7 Å². The van der Waals surface area contributed by atoms with Gasteiger partial charge in [-0.2, -0.15) is 0 Å². The van der Waals surface area contributed by atoms with Gasteiger partial charge in [0.15, 0.2) is 11.5 Å². The average molecular weight is 475 g/mol. The Hall–Kier alpha value is -3.51. The van der Waals surface area contributed by atoms with Crippen molar-refractivity contribution >= 4 is 5.91 Å². The molecule has 3 aromatic carbocycles. The lowest BCUT2D eigenvalue weighted by Crippen LogP contribution is -2.48. The second kappa shape index (κ2) is 11.3. The molecule has 0 fully saturated rings. The molecule has 1 amide bonds. The number of hydrogen-bond acceptors (Lipinski definition) is 5. The number of rotatable bonds is 9. The molecule has 1 aliphatic heterocycles. The largest absolute Gasteiger partial charge is 0.497 e. The van der Waals surface area contributed by atoms with Gasteiger partial charge in [-0.25, -0.2) is 0 Å². The molecule has 6 nitrogen and oxygen atoms in total. The van der Waals surface area contributed by atoms with Crippen LogP contribution in [0.25, 0.3) is 0 Å². The van der Waals surface area contributed by atoms with Gasteiger partial charge in [-0.1, -0.05) is 37.3 Å². The Morgan fingerprint density at radius 2 is 1.66 bits per heavy atom. The van der Waals surface area contributed by atoms with Crippen molar-refractivity contribution in [2.45, 2.75) is 38.4 Å². The third-order valence-corrected chi connectivity index (χ3v) is 6.74. The number of hydrogen-bond donors (Lipinski definition) is 1. The number of ether oxygens (including phenoxy) is 3. The van der Waals surface area contributed by atoms with Crippen LogP contribution in [0.15, 0.2) is 66.7 Å². The molecule has 0 spiro atoms. The molecule has 0 bridgehead atoms. The third-order valence-electron chi connectivity index (χ3n) is 6.74. The normalized spacial score (nSPS) is 16.2. The maximum Gasteiger partial charge on any atom is 0.251 e. The lowest BCUT2D eigenvalue weighted by Gasteiger charge is -2.42. The standard InChI is InChI=1S/C29H34N2O4/c1-5-25(30-29(32)21-9-7-6-8-10-21)28-24-18-27(35-4)26(34-3)17-22(24)15-16-31(28)19-20-11-13-23(33-2)14-12-20/h6-14,17-18,25,28H,5,15-16,19H2,1-4H3,(H,30,32)/t25-,28+/m1/s1. The summed E-state index contributed by atoms with van der Waals surface area (Å²) in [4.78, 5) is 15.6. The average Bonchev–Trinajstić information content (AvgIpc) is 2.91. The molecule has 0 aromatic heterocycles. The highest BCUT2D eigenvalue weighted by Gasteiger charge is 2.35. The second-order valence-corrected chi connectivity index (χ2v) is 8.77. The van der Waals surface area contributed by atoms with E-state index < -0.39 is 0 Å². The summed E-state index contributed by atoms with van der Waals surface area (Å²) < 4.78 is 16.5.